The van der Waals surface area contributed by atoms with Gasteiger partial charge in [-0.3, -0.25) is 0 Å². The van der Waals surface area contributed by atoms with Gasteiger partial charge in [-0.05, 0) is 30.3 Å². The Morgan fingerprint density at radius 2 is 1.80 bits per heavy atom. The molecule has 0 saturated carbocycles. The monoisotopic (exact) mass is 298 g/mol. The maximum Gasteiger partial charge on any atom is 0.416 e. The van der Waals surface area contributed by atoms with E-state index < -0.39 is 11.7 Å². The minimum atomic E-state index is -4.53. The van der Waals surface area contributed by atoms with E-state index in [1.165, 1.54) is 24.3 Å². The van der Waals surface area contributed by atoms with Crippen LogP contribution in [0.4, 0.5) is 13.2 Å². The molecule has 1 aromatic heterocycles. The summed E-state index contributed by atoms with van der Waals surface area (Å²) in [5.74, 6) is -0.0126. The molecule has 0 aliphatic heterocycles. The Morgan fingerprint density at radius 1 is 1.15 bits per heavy atom. The van der Waals surface area contributed by atoms with Crippen LogP contribution in [-0.2, 0) is 6.18 Å². The second-order valence-electron chi connectivity index (χ2n) is 3.75. The summed E-state index contributed by atoms with van der Waals surface area (Å²) in [6.07, 6.45) is -4.53. The predicted molar refractivity (Wildman–Crippen MR) is 65.5 cm³/mol. The van der Waals surface area contributed by atoms with Crippen molar-refractivity contribution < 1.29 is 17.9 Å². The number of alkyl halides is 3. The minimum absolute atomic E-state index is 0.256. The summed E-state index contributed by atoms with van der Waals surface area (Å²) in [7, 11) is 0. The van der Waals surface area contributed by atoms with Gasteiger partial charge in [0.05, 0.1) is 17.2 Å². The van der Waals surface area contributed by atoms with Crippen LogP contribution in [0.15, 0.2) is 36.4 Å². The molecule has 3 nitrogen and oxygen atoms in total. The van der Waals surface area contributed by atoms with Crippen molar-refractivity contribution in [1.82, 2.24) is 4.98 Å². The van der Waals surface area contributed by atoms with Crippen molar-refractivity contribution in [2.24, 2.45) is 0 Å². The molecule has 2 rings (SSSR count). The van der Waals surface area contributed by atoms with E-state index in [4.69, 9.17) is 21.6 Å². The van der Waals surface area contributed by atoms with Gasteiger partial charge in [0, 0.05) is 6.07 Å². The van der Waals surface area contributed by atoms with Gasteiger partial charge in [-0.2, -0.15) is 18.4 Å². The van der Waals surface area contributed by atoms with E-state index in [2.05, 4.69) is 4.98 Å². The lowest BCUT2D eigenvalue weighted by Crippen LogP contribution is -2.05. The Morgan fingerprint density at radius 3 is 2.35 bits per heavy atom. The predicted octanol–water partition coefficient (Wildman–Crippen LogP) is 4.42. The van der Waals surface area contributed by atoms with Gasteiger partial charge in [0.15, 0.2) is 0 Å². The summed E-state index contributed by atoms with van der Waals surface area (Å²) in [5, 5.41) is 8.32. The molecular formula is C13H6ClF3N2O. The highest BCUT2D eigenvalue weighted by molar-refractivity contribution is 6.29. The molecule has 0 aliphatic carbocycles. The van der Waals surface area contributed by atoms with Crippen molar-refractivity contribution >= 4 is 11.6 Å². The number of aromatic nitrogens is 1. The first kappa shape index (κ1) is 14.2. The highest BCUT2D eigenvalue weighted by Gasteiger charge is 2.31. The van der Waals surface area contributed by atoms with Crippen LogP contribution in [-0.4, -0.2) is 4.98 Å². The third-order valence-corrected chi connectivity index (χ3v) is 2.50. The van der Waals surface area contributed by atoms with Gasteiger partial charge in [-0.25, -0.2) is 4.98 Å². The number of nitriles is 1. The lowest BCUT2D eigenvalue weighted by Gasteiger charge is -2.10. The average Bonchev–Trinajstić information content (AvgIpc) is 2.38. The Labute approximate surface area is 117 Å². The Bertz CT molecular complexity index is 663. The molecule has 0 bridgehead atoms. The summed E-state index contributed by atoms with van der Waals surface area (Å²) in [5.41, 5.74) is -0.534. The molecule has 7 heteroatoms. The molecule has 0 atom stereocenters. The third-order valence-electron chi connectivity index (χ3n) is 2.30. The largest absolute Gasteiger partial charge is 0.439 e. The smallest absolute Gasteiger partial charge is 0.416 e. The first-order valence-electron chi connectivity index (χ1n) is 5.31. The van der Waals surface area contributed by atoms with Gasteiger partial charge in [-0.1, -0.05) is 11.6 Å². The molecule has 0 fully saturated rings. The molecule has 0 N–H and O–H groups in total. The van der Waals surface area contributed by atoms with Crippen LogP contribution < -0.4 is 4.74 Å². The molecule has 1 aromatic carbocycles. The summed E-state index contributed by atoms with van der Waals surface area (Å²) in [4.78, 5) is 3.66. The second-order valence-corrected chi connectivity index (χ2v) is 4.14. The normalized spacial score (nSPS) is 10.9. The number of benzene rings is 1. The van der Waals surface area contributed by atoms with E-state index in [0.29, 0.717) is 11.6 Å². The Kier molecular flexibility index (Phi) is 3.81. The van der Waals surface area contributed by atoms with E-state index in [1.807, 2.05) is 6.07 Å². The highest BCUT2D eigenvalue weighted by Crippen LogP contribution is 2.33. The van der Waals surface area contributed by atoms with Crippen LogP contribution in [0.5, 0.6) is 11.6 Å². The van der Waals surface area contributed by atoms with Gasteiger partial charge in [0.1, 0.15) is 10.9 Å². The zero-order valence-corrected chi connectivity index (χ0v) is 10.5. The van der Waals surface area contributed by atoms with Crippen molar-refractivity contribution in [3.63, 3.8) is 0 Å². The van der Waals surface area contributed by atoms with Gasteiger partial charge in [-0.15, -0.1) is 0 Å². The number of nitrogens with zero attached hydrogens (tertiary/aromatic N) is 2. The maximum absolute atomic E-state index is 12.6. The molecule has 102 valence electrons. The fraction of sp³-hybridized carbons (Fsp3) is 0.0769. The Hall–Kier alpha value is -2.26. The summed E-state index contributed by atoms with van der Waals surface area (Å²) >= 11 is 5.54. The fourth-order valence-electron chi connectivity index (χ4n) is 1.41. The van der Waals surface area contributed by atoms with Crippen molar-refractivity contribution in [1.29, 1.82) is 5.26 Å². The van der Waals surface area contributed by atoms with Crippen LogP contribution in [0, 0.1) is 11.3 Å². The first-order valence-corrected chi connectivity index (χ1v) is 5.69. The minimum Gasteiger partial charge on any atom is -0.439 e. The van der Waals surface area contributed by atoms with Crippen LogP contribution in [0.2, 0.25) is 5.15 Å². The van der Waals surface area contributed by atoms with Crippen LogP contribution >= 0.6 is 11.6 Å². The number of hydrogen-bond acceptors (Lipinski definition) is 3. The number of hydrogen-bond donors (Lipinski definition) is 0. The molecular weight excluding hydrogens is 293 g/mol. The van der Waals surface area contributed by atoms with E-state index >= 15 is 0 Å². The van der Waals surface area contributed by atoms with E-state index in [1.54, 1.807) is 0 Å². The lowest BCUT2D eigenvalue weighted by molar-refractivity contribution is -0.137. The molecule has 0 spiro atoms. The molecule has 0 unspecified atom stereocenters. The highest BCUT2D eigenvalue weighted by atomic mass is 35.5. The third kappa shape index (κ3) is 3.39. The van der Waals surface area contributed by atoms with Gasteiger partial charge in [0.25, 0.3) is 0 Å². The topological polar surface area (TPSA) is 45.9 Å². The van der Waals surface area contributed by atoms with Crippen molar-refractivity contribution in [2.45, 2.75) is 6.18 Å². The second kappa shape index (κ2) is 5.39. The average molecular weight is 299 g/mol. The van der Waals surface area contributed by atoms with E-state index in [0.717, 1.165) is 6.07 Å². The van der Waals surface area contributed by atoms with E-state index in [9.17, 15) is 13.2 Å². The van der Waals surface area contributed by atoms with Crippen LogP contribution in [0.3, 0.4) is 0 Å². The molecule has 20 heavy (non-hydrogen) atoms. The zero-order valence-electron chi connectivity index (χ0n) is 9.78. The van der Waals surface area contributed by atoms with Gasteiger partial charge >= 0.3 is 6.18 Å². The number of rotatable bonds is 2. The summed E-state index contributed by atoms with van der Waals surface area (Å²) in [6, 6.07) is 9.24. The number of halogens is 4. The maximum atomic E-state index is 12.6. The van der Waals surface area contributed by atoms with Crippen molar-refractivity contribution in [3.05, 3.63) is 52.7 Å². The van der Waals surface area contributed by atoms with Gasteiger partial charge < -0.3 is 4.74 Å². The van der Waals surface area contributed by atoms with Gasteiger partial charge in [0.2, 0.25) is 5.88 Å². The quantitative estimate of drug-likeness (QED) is 0.771. The Balaban J connectivity index is 2.29. The summed E-state index contributed by atoms with van der Waals surface area (Å²) in [6.45, 7) is 0. The van der Waals surface area contributed by atoms with Crippen LogP contribution in [0.1, 0.15) is 11.1 Å². The SMILES string of the molecule is N#Cc1ccc(Oc2cc(C(F)(F)F)cc(Cl)n2)cc1. The molecule has 0 saturated heterocycles. The molecule has 0 amide bonds. The number of ether oxygens (including phenoxy) is 1. The summed E-state index contributed by atoms with van der Waals surface area (Å²) < 4.78 is 43.0. The zero-order chi connectivity index (χ0) is 14.8. The lowest BCUT2D eigenvalue weighted by atomic mass is 10.2. The first-order chi connectivity index (χ1) is 9.38. The standard InChI is InChI=1S/C13H6ClF3N2O/c14-11-5-9(13(15,16)17)6-12(19-11)20-10-3-1-8(7-18)2-4-10/h1-6H. The van der Waals surface area contributed by atoms with E-state index in [-0.39, 0.29) is 16.8 Å². The van der Waals surface area contributed by atoms with Crippen molar-refractivity contribution in [2.75, 3.05) is 0 Å². The fourth-order valence-corrected chi connectivity index (χ4v) is 1.61. The number of pyridine rings is 1. The van der Waals surface area contributed by atoms with Crippen LogP contribution in [0.25, 0.3) is 0 Å². The molecule has 0 radical (unpaired) electrons. The van der Waals surface area contributed by atoms with Crippen molar-refractivity contribution in [3.8, 4) is 17.7 Å². The molecule has 2 aromatic rings. The molecule has 1 heterocycles. The molecule has 0 aliphatic rings.